The summed E-state index contributed by atoms with van der Waals surface area (Å²) in [7, 11) is 1.68. The summed E-state index contributed by atoms with van der Waals surface area (Å²) in [6.07, 6.45) is 0.485. The van der Waals surface area contributed by atoms with Gasteiger partial charge in [0.25, 0.3) is 0 Å². The van der Waals surface area contributed by atoms with E-state index in [4.69, 9.17) is 23.7 Å². The van der Waals surface area contributed by atoms with Gasteiger partial charge in [0.15, 0.2) is 6.29 Å². The molecular formula is C16H22O5. The standard InChI is InChI=1S/C16H22O5/c1-3-18-12-7-5-4-6-11(12)9-19-13-8-14(17-2)16-20-10-15(13)21-16/h4-7,13-16H,3,8-10H2,1-2H3/t13-,14+,15+,16+/m0/s1. The van der Waals surface area contributed by atoms with Crippen LogP contribution in [0, 0.1) is 0 Å². The highest BCUT2D eigenvalue weighted by Crippen LogP contribution is 2.32. The van der Waals surface area contributed by atoms with Gasteiger partial charge in [0.05, 0.1) is 25.9 Å². The zero-order valence-corrected chi connectivity index (χ0v) is 12.5. The molecule has 0 aliphatic carbocycles. The third-order valence-electron chi connectivity index (χ3n) is 3.94. The number of ether oxygens (including phenoxy) is 5. The molecular weight excluding hydrogens is 272 g/mol. The highest BCUT2D eigenvalue weighted by Gasteiger charge is 2.44. The average molecular weight is 294 g/mol. The largest absolute Gasteiger partial charge is 0.494 e. The molecule has 0 saturated carbocycles. The molecule has 2 aliphatic rings. The lowest BCUT2D eigenvalue weighted by Crippen LogP contribution is -2.44. The van der Waals surface area contributed by atoms with Crippen LogP contribution in [0.3, 0.4) is 0 Å². The second-order valence-corrected chi connectivity index (χ2v) is 5.28. The lowest BCUT2D eigenvalue weighted by atomic mass is 10.0. The summed E-state index contributed by atoms with van der Waals surface area (Å²) >= 11 is 0. The Morgan fingerprint density at radius 1 is 1.24 bits per heavy atom. The first-order valence-electron chi connectivity index (χ1n) is 7.44. The van der Waals surface area contributed by atoms with E-state index in [0.29, 0.717) is 19.8 Å². The van der Waals surface area contributed by atoms with Gasteiger partial charge in [-0.25, -0.2) is 0 Å². The lowest BCUT2D eigenvalue weighted by Gasteiger charge is -2.32. The Hall–Kier alpha value is -1.14. The molecule has 0 unspecified atom stereocenters. The molecule has 0 amide bonds. The molecule has 2 saturated heterocycles. The normalized spacial score (nSPS) is 31.3. The van der Waals surface area contributed by atoms with E-state index >= 15 is 0 Å². The number of hydrogen-bond acceptors (Lipinski definition) is 5. The van der Waals surface area contributed by atoms with Crippen LogP contribution in [-0.2, 0) is 25.6 Å². The Morgan fingerprint density at radius 2 is 2.10 bits per heavy atom. The minimum absolute atomic E-state index is 0.000607. The summed E-state index contributed by atoms with van der Waals surface area (Å²) in [6, 6.07) is 7.95. The van der Waals surface area contributed by atoms with Crippen molar-refractivity contribution in [1.82, 2.24) is 0 Å². The summed E-state index contributed by atoms with van der Waals surface area (Å²) in [4.78, 5) is 0. The number of rotatable bonds is 6. The SMILES string of the molecule is CCOc1ccccc1CO[C@H]1C[C@@H](OC)[C@@H]2OC[C@H]1O2. The Labute approximate surface area is 125 Å². The monoisotopic (exact) mass is 294 g/mol. The summed E-state index contributed by atoms with van der Waals surface area (Å²) in [5, 5.41) is 0. The van der Waals surface area contributed by atoms with Gasteiger partial charge < -0.3 is 23.7 Å². The number of fused-ring (bicyclic) bond motifs is 2. The molecule has 2 fully saturated rings. The predicted octanol–water partition coefficient (Wildman–Crippen LogP) is 2.13. The molecule has 5 heteroatoms. The number of para-hydroxylation sites is 1. The first-order chi connectivity index (χ1) is 10.3. The van der Waals surface area contributed by atoms with E-state index in [9.17, 15) is 0 Å². The van der Waals surface area contributed by atoms with Crippen LogP contribution in [0.5, 0.6) is 5.75 Å². The highest BCUT2D eigenvalue weighted by molar-refractivity contribution is 5.32. The fourth-order valence-electron chi connectivity index (χ4n) is 2.82. The van der Waals surface area contributed by atoms with Crippen molar-refractivity contribution in [3.05, 3.63) is 29.8 Å². The molecule has 0 spiro atoms. The van der Waals surface area contributed by atoms with Gasteiger partial charge in [0.2, 0.25) is 0 Å². The molecule has 2 aliphatic heterocycles. The van der Waals surface area contributed by atoms with E-state index in [2.05, 4.69) is 0 Å². The van der Waals surface area contributed by atoms with Crippen molar-refractivity contribution in [2.24, 2.45) is 0 Å². The van der Waals surface area contributed by atoms with Crippen LogP contribution in [0.25, 0.3) is 0 Å². The molecule has 21 heavy (non-hydrogen) atoms. The number of benzene rings is 1. The van der Waals surface area contributed by atoms with Gasteiger partial charge in [-0.1, -0.05) is 18.2 Å². The molecule has 5 nitrogen and oxygen atoms in total. The van der Waals surface area contributed by atoms with Crippen molar-refractivity contribution in [2.75, 3.05) is 20.3 Å². The highest BCUT2D eigenvalue weighted by atomic mass is 16.7. The van der Waals surface area contributed by atoms with E-state index in [1.165, 1.54) is 0 Å². The van der Waals surface area contributed by atoms with E-state index in [-0.39, 0.29) is 24.6 Å². The molecule has 116 valence electrons. The van der Waals surface area contributed by atoms with Crippen LogP contribution in [0.1, 0.15) is 18.9 Å². The second-order valence-electron chi connectivity index (χ2n) is 5.28. The van der Waals surface area contributed by atoms with Gasteiger partial charge in [-0.3, -0.25) is 0 Å². The van der Waals surface area contributed by atoms with Gasteiger partial charge in [-0.2, -0.15) is 0 Å². The van der Waals surface area contributed by atoms with Gasteiger partial charge in [0.1, 0.15) is 18.0 Å². The van der Waals surface area contributed by atoms with E-state index < -0.39 is 0 Å². The maximum absolute atomic E-state index is 6.05. The molecule has 1 aromatic carbocycles. The Bertz CT molecular complexity index is 464. The van der Waals surface area contributed by atoms with Crippen molar-refractivity contribution in [3.63, 3.8) is 0 Å². The quantitative estimate of drug-likeness (QED) is 0.804. The topological polar surface area (TPSA) is 46.2 Å². The van der Waals surface area contributed by atoms with E-state index in [0.717, 1.165) is 17.7 Å². The summed E-state index contributed by atoms with van der Waals surface area (Å²) in [5.41, 5.74) is 1.05. The van der Waals surface area contributed by atoms with Crippen molar-refractivity contribution < 1.29 is 23.7 Å². The smallest absolute Gasteiger partial charge is 0.184 e. The zero-order chi connectivity index (χ0) is 14.7. The number of methoxy groups -OCH3 is 1. The third kappa shape index (κ3) is 3.21. The van der Waals surface area contributed by atoms with Crippen LogP contribution in [-0.4, -0.2) is 44.9 Å². The van der Waals surface area contributed by atoms with Crippen molar-refractivity contribution >= 4 is 0 Å². The minimum atomic E-state index is -0.240. The van der Waals surface area contributed by atoms with Gasteiger partial charge in [-0.15, -0.1) is 0 Å². The number of hydrogen-bond donors (Lipinski definition) is 0. The molecule has 0 radical (unpaired) electrons. The van der Waals surface area contributed by atoms with Crippen LogP contribution in [0.4, 0.5) is 0 Å². The maximum atomic E-state index is 6.05. The van der Waals surface area contributed by atoms with Crippen molar-refractivity contribution in [3.8, 4) is 5.75 Å². The Morgan fingerprint density at radius 3 is 2.90 bits per heavy atom. The molecule has 0 N–H and O–H groups in total. The fraction of sp³-hybridized carbons (Fsp3) is 0.625. The van der Waals surface area contributed by atoms with Crippen LogP contribution >= 0.6 is 0 Å². The zero-order valence-electron chi connectivity index (χ0n) is 12.5. The van der Waals surface area contributed by atoms with Gasteiger partial charge >= 0.3 is 0 Å². The lowest BCUT2D eigenvalue weighted by molar-refractivity contribution is -0.201. The first kappa shape index (κ1) is 14.8. The summed E-state index contributed by atoms with van der Waals surface area (Å²) < 4.78 is 28.4. The van der Waals surface area contributed by atoms with Gasteiger partial charge in [-0.05, 0) is 13.0 Å². The van der Waals surface area contributed by atoms with Crippen LogP contribution in [0.2, 0.25) is 0 Å². The Balaban J connectivity index is 1.62. The van der Waals surface area contributed by atoms with E-state index in [1.54, 1.807) is 7.11 Å². The maximum Gasteiger partial charge on any atom is 0.184 e. The predicted molar refractivity (Wildman–Crippen MR) is 76.2 cm³/mol. The molecule has 1 aromatic rings. The average Bonchev–Trinajstić information content (AvgIpc) is 2.93. The fourth-order valence-corrected chi connectivity index (χ4v) is 2.82. The Kier molecular flexibility index (Phi) is 4.75. The van der Waals surface area contributed by atoms with Crippen LogP contribution < -0.4 is 4.74 Å². The third-order valence-corrected chi connectivity index (χ3v) is 3.94. The first-order valence-corrected chi connectivity index (χ1v) is 7.44. The molecule has 4 atom stereocenters. The van der Waals surface area contributed by atoms with Crippen molar-refractivity contribution in [1.29, 1.82) is 0 Å². The summed E-state index contributed by atoms with van der Waals surface area (Å²) in [6.45, 7) is 3.70. The molecule has 2 heterocycles. The van der Waals surface area contributed by atoms with Crippen LogP contribution in [0.15, 0.2) is 24.3 Å². The molecule has 2 bridgehead atoms. The van der Waals surface area contributed by atoms with Crippen molar-refractivity contribution in [2.45, 2.75) is 44.6 Å². The van der Waals surface area contributed by atoms with E-state index in [1.807, 2.05) is 31.2 Å². The molecule has 3 rings (SSSR count). The van der Waals surface area contributed by atoms with Gasteiger partial charge in [0, 0.05) is 19.1 Å². The molecule has 0 aromatic heterocycles. The second kappa shape index (κ2) is 6.75. The summed E-state index contributed by atoms with van der Waals surface area (Å²) in [5.74, 6) is 0.876. The minimum Gasteiger partial charge on any atom is -0.494 e.